The summed E-state index contributed by atoms with van der Waals surface area (Å²) in [6.45, 7) is 2.65. The fourth-order valence-corrected chi connectivity index (χ4v) is 3.17. The minimum atomic E-state index is -0.116. The monoisotopic (exact) mass is 380 g/mol. The molecule has 1 saturated heterocycles. The van der Waals surface area contributed by atoms with Crippen molar-refractivity contribution in [3.05, 3.63) is 65.5 Å². The maximum Gasteiger partial charge on any atom is 0.253 e. The van der Waals surface area contributed by atoms with Gasteiger partial charge in [0, 0.05) is 63.3 Å². The zero-order valence-corrected chi connectivity index (χ0v) is 16.0. The van der Waals surface area contributed by atoms with Crippen LogP contribution < -0.4 is 0 Å². The molecule has 2 aromatic rings. The first-order valence-electron chi connectivity index (χ1n) is 9.31. The molecule has 0 spiro atoms. The lowest BCUT2D eigenvalue weighted by Gasteiger charge is -2.32. The van der Waals surface area contributed by atoms with E-state index >= 15 is 0 Å². The van der Waals surface area contributed by atoms with Gasteiger partial charge in [-0.05, 0) is 42.3 Å². The summed E-state index contributed by atoms with van der Waals surface area (Å²) in [7, 11) is 1.76. The smallest absolute Gasteiger partial charge is 0.253 e. The molecular formula is C21H24N4O3. The summed E-state index contributed by atoms with van der Waals surface area (Å²) < 4.78 is 0. The predicted molar refractivity (Wildman–Crippen MR) is 105 cm³/mol. The molecule has 0 aliphatic carbocycles. The number of rotatable bonds is 6. The molecule has 1 aliphatic rings. The van der Waals surface area contributed by atoms with Crippen LogP contribution >= 0.6 is 0 Å². The molecule has 1 aliphatic heterocycles. The summed E-state index contributed by atoms with van der Waals surface area (Å²) in [4.78, 5) is 45.3. The lowest BCUT2D eigenvalue weighted by Crippen LogP contribution is -2.48. The lowest BCUT2D eigenvalue weighted by atomic mass is 10.1. The lowest BCUT2D eigenvalue weighted by molar-refractivity contribution is -0.119. The van der Waals surface area contributed by atoms with Crippen molar-refractivity contribution >= 4 is 18.2 Å². The second kappa shape index (κ2) is 9.12. The first-order valence-corrected chi connectivity index (χ1v) is 9.31. The summed E-state index contributed by atoms with van der Waals surface area (Å²) in [6, 6.07) is 10.7. The van der Waals surface area contributed by atoms with Crippen LogP contribution in [0.1, 0.15) is 26.3 Å². The number of carbonyl (C=O) groups is 3. The van der Waals surface area contributed by atoms with E-state index in [9.17, 15) is 14.4 Å². The minimum Gasteiger partial charge on any atom is -0.342 e. The second-order valence-corrected chi connectivity index (χ2v) is 6.85. The molecule has 7 heteroatoms. The van der Waals surface area contributed by atoms with E-state index in [0.717, 1.165) is 18.4 Å². The van der Waals surface area contributed by atoms with Gasteiger partial charge in [-0.2, -0.15) is 0 Å². The highest BCUT2D eigenvalue weighted by atomic mass is 16.2. The van der Waals surface area contributed by atoms with E-state index in [0.29, 0.717) is 43.9 Å². The van der Waals surface area contributed by atoms with Crippen LogP contribution in [0.4, 0.5) is 0 Å². The molecule has 0 unspecified atom stereocenters. The summed E-state index contributed by atoms with van der Waals surface area (Å²) in [5.41, 5.74) is 2.11. The van der Waals surface area contributed by atoms with E-state index in [4.69, 9.17) is 0 Å². The van der Waals surface area contributed by atoms with Gasteiger partial charge in [0.1, 0.15) is 0 Å². The molecule has 3 rings (SSSR count). The summed E-state index contributed by atoms with van der Waals surface area (Å²) in [6.07, 6.45) is 5.02. The number of likely N-dealkylation sites (N-methyl/N-ethyl adjacent to an activating group) is 1. The fraction of sp³-hybridized carbons (Fsp3) is 0.333. The predicted octanol–water partition coefficient (Wildman–Crippen LogP) is 1.31. The maximum absolute atomic E-state index is 12.7. The van der Waals surface area contributed by atoms with Crippen LogP contribution in [0.25, 0.3) is 0 Å². The number of aromatic nitrogens is 1. The molecule has 2 heterocycles. The topological polar surface area (TPSA) is 73.8 Å². The third-order valence-corrected chi connectivity index (χ3v) is 4.94. The number of nitrogens with zero attached hydrogens (tertiary/aromatic N) is 4. The van der Waals surface area contributed by atoms with Crippen LogP contribution in [0.3, 0.4) is 0 Å². The Morgan fingerprint density at radius 3 is 2.43 bits per heavy atom. The van der Waals surface area contributed by atoms with Crippen LogP contribution in [0.2, 0.25) is 0 Å². The van der Waals surface area contributed by atoms with Gasteiger partial charge in [0.2, 0.25) is 6.41 Å². The standard InChI is InChI=1S/C21H24N4O3/c1-23(10-7-17-5-8-22-9-6-17)20(27)18-3-2-4-19(15-18)21(28)25-13-11-24(16-26)12-14-25/h2-6,8-9,15-16H,7,10-14H2,1H3. The summed E-state index contributed by atoms with van der Waals surface area (Å²) >= 11 is 0. The quantitative estimate of drug-likeness (QED) is 0.709. The van der Waals surface area contributed by atoms with E-state index in [1.807, 2.05) is 12.1 Å². The first kappa shape index (κ1) is 19.5. The number of hydrogen-bond donors (Lipinski definition) is 0. The molecule has 0 atom stereocenters. The van der Waals surface area contributed by atoms with Crippen molar-refractivity contribution in [3.8, 4) is 0 Å². The van der Waals surface area contributed by atoms with E-state index in [2.05, 4.69) is 4.98 Å². The number of benzene rings is 1. The van der Waals surface area contributed by atoms with E-state index < -0.39 is 0 Å². The zero-order chi connectivity index (χ0) is 19.9. The molecule has 146 valence electrons. The Morgan fingerprint density at radius 1 is 1.07 bits per heavy atom. The number of carbonyl (C=O) groups excluding carboxylic acids is 3. The third kappa shape index (κ3) is 4.73. The average molecular weight is 380 g/mol. The maximum atomic E-state index is 12.7. The van der Waals surface area contributed by atoms with Gasteiger partial charge in [-0.15, -0.1) is 0 Å². The molecule has 1 aromatic heterocycles. The highest BCUT2D eigenvalue weighted by Gasteiger charge is 2.22. The average Bonchev–Trinajstić information content (AvgIpc) is 2.77. The van der Waals surface area contributed by atoms with Gasteiger partial charge in [0.25, 0.3) is 11.8 Å². The van der Waals surface area contributed by atoms with Gasteiger partial charge >= 0.3 is 0 Å². The van der Waals surface area contributed by atoms with E-state index in [1.165, 1.54) is 0 Å². The Morgan fingerprint density at radius 2 is 1.75 bits per heavy atom. The fourth-order valence-electron chi connectivity index (χ4n) is 3.17. The molecule has 3 amide bonds. The van der Waals surface area contributed by atoms with Crippen LogP contribution in [0.5, 0.6) is 0 Å². The Bertz CT molecular complexity index is 833. The normalized spacial score (nSPS) is 13.9. The van der Waals surface area contributed by atoms with Crippen LogP contribution in [0, 0.1) is 0 Å². The third-order valence-electron chi connectivity index (χ3n) is 4.94. The molecule has 0 radical (unpaired) electrons. The van der Waals surface area contributed by atoms with E-state index in [1.54, 1.807) is 58.4 Å². The largest absolute Gasteiger partial charge is 0.342 e. The second-order valence-electron chi connectivity index (χ2n) is 6.85. The Balaban J connectivity index is 1.62. The van der Waals surface area contributed by atoms with Crippen molar-refractivity contribution in [1.29, 1.82) is 0 Å². The molecular weight excluding hydrogens is 356 g/mol. The zero-order valence-electron chi connectivity index (χ0n) is 16.0. The van der Waals surface area contributed by atoms with E-state index in [-0.39, 0.29) is 11.8 Å². The summed E-state index contributed by atoms with van der Waals surface area (Å²) in [5, 5.41) is 0. The Kier molecular flexibility index (Phi) is 6.37. The van der Waals surface area contributed by atoms with Crippen LogP contribution in [-0.2, 0) is 11.2 Å². The molecule has 0 saturated carbocycles. The van der Waals surface area contributed by atoms with Crippen molar-refractivity contribution < 1.29 is 14.4 Å². The van der Waals surface area contributed by atoms with Crippen LogP contribution in [0.15, 0.2) is 48.8 Å². The van der Waals surface area contributed by atoms with Crippen molar-refractivity contribution in [2.45, 2.75) is 6.42 Å². The number of amides is 3. The Hall–Kier alpha value is -3.22. The molecule has 28 heavy (non-hydrogen) atoms. The first-order chi connectivity index (χ1) is 13.6. The molecule has 1 fully saturated rings. The molecule has 0 N–H and O–H groups in total. The number of piperazine rings is 1. The van der Waals surface area contributed by atoms with Gasteiger partial charge in [-0.25, -0.2) is 0 Å². The van der Waals surface area contributed by atoms with Gasteiger partial charge < -0.3 is 14.7 Å². The SMILES string of the molecule is CN(CCc1ccncc1)C(=O)c1cccc(C(=O)N2CCN(C=O)CC2)c1. The molecule has 0 bridgehead atoms. The van der Waals surface area contributed by atoms with Gasteiger partial charge in [-0.1, -0.05) is 6.07 Å². The summed E-state index contributed by atoms with van der Waals surface area (Å²) in [5.74, 6) is -0.228. The van der Waals surface area contributed by atoms with Crippen molar-refractivity contribution in [3.63, 3.8) is 0 Å². The van der Waals surface area contributed by atoms with Gasteiger partial charge in [0.15, 0.2) is 0 Å². The molecule has 1 aromatic carbocycles. The van der Waals surface area contributed by atoms with Crippen molar-refractivity contribution in [1.82, 2.24) is 19.7 Å². The highest BCUT2D eigenvalue weighted by molar-refractivity contribution is 5.99. The van der Waals surface area contributed by atoms with Gasteiger partial charge in [-0.3, -0.25) is 19.4 Å². The van der Waals surface area contributed by atoms with Crippen molar-refractivity contribution in [2.75, 3.05) is 39.8 Å². The molecule has 7 nitrogen and oxygen atoms in total. The Labute approximate surface area is 164 Å². The van der Waals surface area contributed by atoms with Crippen LogP contribution in [-0.4, -0.2) is 77.7 Å². The highest BCUT2D eigenvalue weighted by Crippen LogP contribution is 2.13. The van der Waals surface area contributed by atoms with Crippen molar-refractivity contribution in [2.24, 2.45) is 0 Å². The number of hydrogen-bond acceptors (Lipinski definition) is 4. The van der Waals surface area contributed by atoms with Gasteiger partial charge in [0.05, 0.1) is 0 Å². The number of pyridine rings is 1. The minimum absolute atomic E-state index is 0.111.